The Labute approximate surface area is 108 Å². The molecule has 0 radical (unpaired) electrons. The minimum absolute atomic E-state index is 0.528. The lowest BCUT2D eigenvalue weighted by molar-refractivity contribution is 0.718. The maximum atomic E-state index is 5.87. The lowest BCUT2D eigenvalue weighted by Crippen LogP contribution is -2.12. The lowest BCUT2D eigenvalue weighted by Gasteiger charge is -1.94. The van der Waals surface area contributed by atoms with Gasteiger partial charge in [0.05, 0.1) is 6.04 Å². The van der Waals surface area contributed by atoms with E-state index in [2.05, 4.69) is 10.1 Å². The molecular weight excluding hydrogens is 254 g/mol. The molecule has 1 aliphatic rings. The second-order valence-electron chi connectivity index (χ2n) is 4.18. The minimum atomic E-state index is 0.528. The molecule has 0 spiro atoms. The Hall–Kier alpha value is -1.13. The molecule has 0 saturated heterocycles. The maximum absolute atomic E-state index is 5.87. The van der Waals surface area contributed by atoms with Crippen LogP contribution in [-0.4, -0.2) is 15.8 Å². The van der Waals surface area contributed by atoms with Crippen molar-refractivity contribution in [2.24, 2.45) is 12.0 Å². The molecule has 3 nitrogen and oxygen atoms in total. The summed E-state index contributed by atoms with van der Waals surface area (Å²) in [5.41, 5.74) is 1.09. The zero-order valence-corrected chi connectivity index (χ0v) is 11.0. The molecule has 1 aliphatic carbocycles. The molecule has 1 heterocycles. The molecule has 0 unspecified atom stereocenters. The van der Waals surface area contributed by atoms with Crippen molar-refractivity contribution in [3.63, 3.8) is 0 Å². The van der Waals surface area contributed by atoms with E-state index in [4.69, 9.17) is 11.6 Å². The Morgan fingerprint density at radius 3 is 2.71 bits per heavy atom. The summed E-state index contributed by atoms with van der Waals surface area (Å²) in [5.74, 6) is 0. The maximum Gasteiger partial charge on any atom is 0.203 e. The van der Waals surface area contributed by atoms with Crippen LogP contribution in [0.4, 0.5) is 0 Å². The van der Waals surface area contributed by atoms with Crippen LogP contribution in [0, 0.1) is 0 Å². The topological polar surface area (TPSA) is 30.2 Å². The predicted octanol–water partition coefficient (Wildman–Crippen LogP) is 2.87. The van der Waals surface area contributed by atoms with Gasteiger partial charge in [-0.1, -0.05) is 35.1 Å². The van der Waals surface area contributed by atoms with E-state index < -0.39 is 0 Å². The van der Waals surface area contributed by atoms with Crippen LogP contribution in [0.15, 0.2) is 29.3 Å². The smallest absolute Gasteiger partial charge is 0.203 e. The largest absolute Gasteiger partial charge is 0.254 e. The van der Waals surface area contributed by atoms with E-state index in [-0.39, 0.29) is 0 Å². The van der Waals surface area contributed by atoms with Gasteiger partial charge in [-0.3, -0.25) is 4.99 Å². The molecule has 0 bridgehead atoms. The highest BCUT2D eigenvalue weighted by atomic mass is 35.5. The monoisotopic (exact) mass is 265 g/mol. The minimum Gasteiger partial charge on any atom is -0.254 e. The number of halogens is 1. The van der Waals surface area contributed by atoms with Crippen LogP contribution in [0.1, 0.15) is 12.8 Å². The Morgan fingerprint density at radius 1 is 1.35 bits per heavy atom. The fourth-order valence-corrected chi connectivity index (χ4v) is 2.62. The molecule has 88 valence electrons. The average Bonchev–Trinajstić information content (AvgIpc) is 3.05. The van der Waals surface area contributed by atoms with Crippen LogP contribution in [0.3, 0.4) is 0 Å². The predicted molar refractivity (Wildman–Crippen MR) is 70.1 cm³/mol. The Kier molecular flexibility index (Phi) is 2.76. The van der Waals surface area contributed by atoms with E-state index in [1.165, 1.54) is 12.8 Å². The van der Waals surface area contributed by atoms with E-state index >= 15 is 0 Å². The van der Waals surface area contributed by atoms with Crippen molar-refractivity contribution in [1.82, 2.24) is 9.78 Å². The molecule has 5 heteroatoms. The van der Waals surface area contributed by atoms with Crippen molar-refractivity contribution in [1.29, 1.82) is 0 Å². The fourth-order valence-electron chi connectivity index (χ4n) is 1.53. The second-order valence-corrected chi connectivity index (χ2v) is 5.57. The van der Waals surface area contributed by atoms with E-state index in [9.17, 15) is 0 Å². The molecule has 0 aliphatic heterocycles. The highest BCUT2D eigenvalue weighted by Gasteiger charge is 2.20. The van der Waals surface area contributed by atoms with Gasteiger partial charge in [-0.25, -0.2) is 4.68 Å². The Balaban J connectivity index is 2.01. The van der Waals surface area contributed by atoms with Gasteiger partial charge in [-0.15, -0.1) is 0 Å². The summed E-state index contributed by atoms with van der Waals surface area (Å²) in [6, 6.07) is 8.27. The van der Waals surface area contributed by atoms with Gasteiger partial charge in [-0.2, -0.15) is 5.10 Å². The number of benzene rings is 1. The van der Waals surface area contributed by atoms with Gasteiger partial charge in [0.15, 0.2) is 0 Å². The first kappa shape index (κ1) is 11.0. The molecule has 1 fully saturated rings. The molecule has 3 rings (SSSR count). The summed E-state index contributed by atoms with van der Waals surface area (Å²) in [6.07, 6.45) is 2.43. The molecule has 1 saturated carbocycles. The molecule has 0 amide bonds. The van der Waals surface area contributed by atoms with E-state index in [1.807, 2.05) is 36.0 Å². The molecule has 2 aromatic rings. The average molecular weight is 266 g/mol. The van der Waals surface area contributed by atoms with Crippen LogP contribution in [-0.2, 0) is 7.05 Å². The standard InChI is InChI=1S/C12H12ClN3S/c1-16-12(14-10-6-7-10)17-11(15-16)8-2-4-9(13)5-3-8/h2-5,10H,6-7H2,1H3/b14-12+. The number of hydrogen-bond donors (Lipinski definition) is 0. The van der Waals surface area contributed by atoms with Gasteiger partial charge < -0.3 is 0 Å². The first-order valence-corrected chi connectivity index (χ1v) is 6.76. The zero-order chi connectivity index (χ0) is 11.8. The number of nitrogens with zero attached hydrogens (tertiary/aromatic N) is 3. The zero-order valence-electron chi connectivity index (χ0n) is 9.43. The van der Waals surface area contributed by atoms with Crippen molar-refractivity contribution in [2.45, 2.75) is 18.9 Å². The van der Waals surface area contributed by atoms with E-state index in [0.29, 0.717) is 6.04 Å². The fraction of sp³-hybridized carbons (Fsp3) is 0.333. The van der Waals surface area contributed by atoms with Crippen LogP contribution in [0.2, 0.25) is 5.02 Å². The summed E-state index contributed by atoms with van der Waals surface area (Å²) >= 11 is 7.50. The van der Waals surface area contributed by atoms with Crippen LogP contribution in [0.25, 0.3) is 10.6 Å². The lowest BCUT2D eigenvalue weighted by atomic mass is 10.2. The summed E-state index contributed by atoms with van der Waals surface area (Å²) < 4.78 is 1.85. The molecule has 1 aromatic carbocycles. The molecule has 0 atom stereocenters. The van der Waals surface area contributed by atoms with Gasteiger partial charge in [-0.05, 0) is 25.0 Å². The van der Waals surface area contributed by atoms with Crippen LogP contribution < -0.4 is 4.80 Å². The van der Waals surface area contributed by atoms with E-state index in [0.717, 1.165) is 20.4 Å². The highest BCUT2D eigenvalue weighted by Crippen LogP contribution is 2.24. The van der Waals surface area contributed by atoms with E-state index in [1.54, 1.807) is 11.3 Å². The highest BCUT2D eigenvalue weighted by molar-refractivity contribution is 7.12. The molecular formula is C12H12ClN3S. The number of aromatic nitrogens is 2. The third-order valence-electron chi connectivity index (χ3n) is 2.64. The Morgan fingerprint density at radius 2 is 2.06 bits per heavy atom. The van der Waals surface area contributed by atoms with Crippen LogP contribution >= 0.6 is 22.9 Å². The first-order chi connectivity index (χ1) is 8.22. The molecule has 1 aromatic heterocycles. The van der Waals surface area contributed by atoms with Gasteiger partial charge in [0.1, 0.15) is 5.01 Å². The summed E-state index contributed by atoms with van der Waals surface area (Å²) in [5, 5.41) is 6.23. The quantitative estimate of drug-likeness (QED) is 0.821. The van der Waals surface area contributed by atoms with Crippen molar-refractivity contribution >= 4 is 22.9 Å². The number of rotatable bonds is 2. The molecule has 0 N–H and O–H groups in total. The van der Waals surface area contributed by atoms with Gasteiger partial charge >= 0.3 is 0 Å². The third kappa shape index (κ3) is 2.42. The van der Waals surface area contributed by atoms with Gasteiger partial charge in [0.25, 0.3) is 0 Å². The van der Waals surface area contributed by atoms with Crippen LogP contribution in [0.5, 0.6) is 0 Å². The van der Waals surface area contributed by atoms with Gasteiger partial charge in [0, 0.05) is 17.6 Å². The van der Waals surface area contributed by atoms with Crippen molar-refractivity contribution < 1.29 is 0 Å². The normalized spacial score (nSPS) is 16.5. The number of hydrogen-bond acceptors (Lipinski definition) is 3. The first-order valence-electron chi connectivity index (χ1n) is 5.56. The summed E-state index contributed by atoms with van der Waals surface area (Å²) in [7, 11) is 1.94. The van der Waals surface area contributed by atoms with Crippen molar-refractivity contribution in [3.8, 4) is 10.6 Å². The second kappa shape index (κ2) is 4.27. The SMILES string of the molecule is Cn1nc(-c2ccc(Cl)cc2)s/c1=N/C1CC1. The Bertz CT molecular complexity index is 593. The third-order valence-corrected chi connectivity index (χ3v) is 3.95. The molecule has 17 heavy (non-hydrogen) atoms. The summed E-state index contributed by atoms with van der Waals surface area (Å²) in [4.78, 5) is 5.62. The van der Waals surface area contributed by atoms with Crippen molar-refractivity contribution in [3.05, 3.63) is 34.1 Å². The number of aryl methyl sites for hydroxylation is 1. The van der Waals surface area contributed by atoms with Crippen molar-refractivity contribution in [2.75, 3.05) is 0 Å². The van der Waals surface area contributed by atoms with Gasteiger partial charge in [0.2, 0.25) is 4.80 Å². The summed E-state index contributed by atoms with van der Waals surface area (Å²) in [6.45, 7) is 0.